The van der Waals surface area contributed by atoms with Crippen molar-refractivity contribution in [3.8, 4) is 22.3 Å². The Bertz CT molecular complexity index is 1260. The molecule has 0 amide bonds. The number of morpholine rings is 1. The summed E-state index contributed by atoms with van der Waals surface area (Å²) in [6.07, 6.45) is 3.76. The van der Waals surface area contributed by atoms with E-state index in [0.29, 0.717) is 0 Å². The van der Waals surface area contributed by atoms with Crippen LogP contribution in [0.5, 0.6) is 0 Å². The van der Waals surface area contributed by atoms with Gasteiger partial charge in [0.15, 0.2) is 0 Å². The van der Waals surface area contributed by atoms with E-state index in [1.807, 2.05) is 18.5 Å². The fourth-order valence-electron chi connectivity index (χ4n) is 4.91. The van der Waals surface area contributed by atoms with Crippen molar-refractivity contribution >= 4 is 10.9 Å². The van der Waals surface area contributed by atoms with Gasteiger partial charge in [0.1, 0.15) is 0 Å². The van der Waals surface area contributed by atoms with Crippen LogP contribution in [0.4, 0.5) is 0 Å². The predicted octanol–water partition coefficient (Wildman–Crippen LogP) is 5.72. The van der Waals surface area contributed by atoms with Gasteiger partial charge in [-0.05, 0) is 72.4 Å². The van der Waals surface area contributed by atoms with Crippen LogP contribution in [0.3, 0.4) is 0 Å². The first kappa shape index (κ1) is 20.8. The Morgan fingerprint density at radius 2 is 1.66 bits per heavy atom. The highest BCUT2D eigenvalue weighted by Crippen LogP contribution is 2.38. The number of hydrogen-bond donors (Lipinski definition) is 0. The molecule has 5 rings (SSSR count). The van der Waals surface area contributed by atoms with Crippen LogP contribution in [0.1, 0.15) is 22.4 Å². The van der Waals surface area contributed by atoms with Crippen molar-refractivity contribution in [1.82, 2.24) is 14.9 Å². The number of aromatic nitrogens is 2. The number of benzene rings is 2. The molecule has 0 bridgehead atoms. The minimum Gasteiger partial charge on any atom is -0.379 e. The third kappa shape index (κ3) is 3.92. The quantitative estimate of drug-likeness (QED) is 0.421. The minimum absolute atomic E-state index is 0.834. The lowest BCUT2D eigenvalue weighted by Crippen LogP contribution is -2.35. The molecule has 0 spiro atoms. The van der Waals surface area contributed by atoms with E-state index >= 15 is 0 Å². The van der Waals surface area contributed by atoms with Crippen molar-refractivity contribution in [2.75, 3.05) is 26.3 Å². The van der Waals surface area contributed by atoms with Gasteiger partial charge in [-0.1, -0.05) is 30.3 Å². The molecule has 0 radical (unpaired) electrons. The second-order valence-corrected chi connectivity index (χ2v) is 8.67. The van der Waals surface area contributed by atoms with Crippen molar-refractivity contribution in [3.63, 3.8) is 0 Å². The molecule has 2 aromatic heterocycles. The van der Waals surface area contributed by atoms with Crippen molar-refractivity contribution in [2.24, 2.45) is 0 Å². The number of rotatable bonds is 4. The SMILES string of the molecule is Cc1cc2nccc(-c3cccnc3C)c2c(C)c1-c1ccc(CN2CCOCC2)cc1. The van der Waals surface area contributed by atoms with Gasteiger partial charge in [-0.25, -0.2) is 0 Å². The molecule has 1 aliphatic heterocycles. The lowest BCUT2D eigenvalue weighted by atomic mass is 9.89. The topological polar surface area (TPSA) is 38.2 Å². The Morgan fingerprint density at radius 3 is 2.41 bits per heavy atom. The van der Waals surface area contributed by atoms with Crippen LogP contribution >= 0.6 is 0 Å². The summed E-state index contributed by atoms with van der Waals surface area (Å²) in [6.45, 7) is 11.1. The Kier molecular flexibility index (Phi) is 5.73. The van der Waals surface area contributed by atoms with Crippen LogP contribution in [-0.4, -0.2) is 41.2 Å². The second kappa shape index (κ2) is 8.81. The molecular weight excluding hydrogens is 394 g/mol. The molecule has 2 aromatic carbocycles. The zero-order valence-electron chi connectivity index (χ0n) is 19.1. The molecule has 162 valence electrons. The first-order chi connectivity index (χ1) is 15.6. The first-order valence-electron chi connectivity index (χ1n) is 11.3. The van der Waals surface area contributed by atoms with Crippen LogP contribution in [0.15, 0.2) is 60.9 Å². The molecule has 0 unspecified atom stereocenters. The smallest absolute Gasteiger partial charge is 0.0713 e. The van der Waals surface area contributed by atoms with Crippen LogP contribution in [-0.2, 0) is 11.3 Å². The molecule has 0 saturated carbocycles. The third-order valence-corrected chi connectivity index (χ3v) is 6.53. The summed E-state index contributed by atoms with van der Waals surface area (Å²) in [6, 6.07) is 17.6. The molecule has 1 saturated heterocycles. The van der Waals surface area contributed by atoms with Gasteiger partial charge in [0.25, 0.3) is 0 Å². The molecule has 0 atom stereocenters. The number of hydrogen-bond acceptors (Lipinski definition) is 4. The maximum Gasteiger partial charge on any atom is 0.0713 e. The van der Waals surface area contributed by atoms with Crippen molar-refractivity contribution < 1.29 is 4.74 Å². The fraction of sp³-hybridized carbons (Fsp3) is 0.286. The summed E-state index contributed by atoms with van der Waals surface area (Å²) < 4.78 is 5.47. The lowest BCUT2D eigenvalue weighted by Gasteiger charge is -2.26. The monoisotopic (exact) mass is 423 g/mol. The van der Waals surface area contributed by atoms with Crippen molar-refractivity contribution in [2.45, 2.75) is 27.3 Å². The van der Waals surface area contributed by atoms with Gasteiger partial charge in [0.05, 0.1) is 18.7 Å². The number of nitrogens with zero attached hydrogens (tertiary/aromatic N) is 3. The van der Waals surface area contributed by atoms with Crippen LogP contribution in [0, 0.1) is 20.8 Å². The van der Waals surface area contributed by atoms with E-state index in [1.54, 1.807) is 0 Å². The third-order valence-electron chi connectivity index (χ3n) is 6.53. The van der Waals surface area contributed by atoms with E-state index in [0.717, 1.165) is 44.1 Å². The zero-order chi connectivity index (χ0) is 22.1. The molecule has 1 aliphatic rings. The van der Waals surface area contributed by atoms with Gasteiger partial charge in [0, 0.05) is 48.7 Å². The Hall–Kier alpha value is -3.08. The molecule has 4 heteroatoms. The summed E-state index contributed by atoms with van der Waals surface area (Å²) in [5.74, 6) is 0. The lowest BCUT2D eigenvalue weighted by molar-refractivity contribution is 0.0342. The molecule has 3 heterocycles. The van der Waals surface area contributed by atoms with E-state index in [2.05, 4.69) is 73.1 Å². The Morgan fingerprint density at radius 1 is 0.875 bits per heavy atom. The average Bonchev–Trinajstić information content (AvgIpc) is 2.81. The van der Waals surface area contributed by atoms with Crippen LogP contribution < -0.4 is 0 Å². The van der Waals surface area contributed by atoms with Crippen LogP contribution in [0.25, 0.3) is 33.2 Å². The highest BCUT2D eigenvalue weighted by Gasteiger charge is 2.16. The first-order valence-corrected chi connectivity index (χ1v) is 11.3. The van der Waals surface area contributed by atoms with Gasteiger partial charge in [0.2, 0.25) is 0 Å². The number of aryl methyl sites for hydroxylation is 3. The summed E-state index contributed by atoms with van der Waals surface area (Å²) >= 11 is 0. The molecule has 4 aromatic rings. The zero-order valence-corrected chi connectivity index (χ0v) is 19.1. The maximum absolute atomic E-state index is 5.47. The normalized spacial score (nSPS) is 14.7. The van der Waals surface area contributed by atoms with Crippen molar-refractivity contribution in [1.29, 1.82) is 0 Å². The average molecular weight is 424 g/mol. The largest absolute Gasteiger partial charge is 0.379 e. The fourth-order valence-corrected chi connectivity index (χ4v) is 4.91. The number of fused-ring (bicyclic) bond motifs is 1. The summed E-state index contributed by atoms with van der Waals surface area (Å²) in [7, 11) is 0. The second-order valence-electron chi connectivity index (χ2n) is 8.67. The molecule has 1 fully saturated rings. The molecule has 4 nitrogen and oxygen atoms in total. The van der Waals surface area contributed by atoms with E-state index in [9.17, 15) is 0 Å². The standard InChI is InChI=1S/C28H29N3O/c1-19-17-26-28(25(10-12-30-26)24-5-4-11-29-21(24)3)20(2)27(19)23-8-6-22(7-9-23)18-31-13-15-32-16-14-31/h4-12,17H,13-16,18H2,1-3H3. The van der Waals surface area contributed by atoms with Gasteiger partial charge in [-0.3, -0.25) is 14.9 Å². The molecule has 0 N–H and O–H groups in total. The predicted molar refractivity (Wildman–Crippen MR) is 131 cm³/mol. The van der Waals surface area contributed by atoms with Gasteiger partial charge in [-0.2, -0.15) is 0 Å². The Balaban J connectivity index is 1.57. The number of pyridine rings is 2. The molecule has 32 heavy (non-hydrogen) atoms. The highest BCUT2D eigenvalue weighted by atomic mass is 16.5. The summed E-state index contributed by atoms with van der Waals surface area (Å²) in [5, 5.41) is 1.21. The number of ether oxygens (including phenoxy) is 1. The minimum atomic E-state index is 0.834. The van der Waals surface area contributed by atoms with Gasteiger partial charge in [-0.15, -0.1) is 0 Å². The van der Waals surface area contributed by atoms with E-state index in [1.165, 1.54) is 44.3 Å². The summed E-state index contributed by atoms with van der Waals surface area (Å²) in [5.41, 5.74) is 10.9. The Labute approximate surface area is 189 Å². The van der Waals surface area contributed by atoms with E-state index < -0.39 is 0 Å². The van der Waals surface area contributed by atoms with Crippen molar-refractivity contribution in [3.05, 3.63) is 83.3 Å². The van der Waals surface area contributed by atoms with Crippen LogP contribution in [0.2, 0.25) is 0 Å². The molecular formula is C28H29N3O. The highest BCUT2D eigenvalue weighted by molar-refractivity contribution is 6.01. The van der Waals surface area contributed by atoms with E-state index in [4.69, 9.17) is 9.72 Å². The maximum atomic E-state index is 5.47. The van der Waals surface area contributed by atoms with Gasteiger partial charge < -0.3 is 4.74 Å². The molecule has 0 aliphatic carbocycles. The summed E-state index contributed by atoms with van der Waals surface area (Å²) in [4.78, 5) is 11.7. The van der Waals surface area contributed by atoms with E-state index in [-0.39, 0.29) is 0 Å². The van der Waals surface area contributed by atoms with Gasteiger partial charge >= 0.3 is 0 Å².